The van der Waals surface area contributed by atoms with Gasteiger partial charge in [0.25, 0.3) is 0 Å². The highest BCUT2D eigenvalue weighted by molar-refractivity contribution is 5.98. The molecular weight excluding hydrogens is 284 g/mol. The lowest BCUT2D eigenvalue weighted by molar-refractivity contribution is 0.476. The maximum absolute atomic E-state index is 9.94. The predicted molar refractivity (Wildman–Crippen MR) is 94.7 cm³/mol. The van der Waals surface area contributed by atoms with E-state index in [0.717, 1.165) is 36.0 Å². The van der Waals surface area contributed by atoms with Crippen molar-refractivity contribution in [3.8, 4) is 5.75 Å². The summed E-state index contributed by atoms with van der Waals surface area (Å²) in [7, 11) is 0. The molecule has 116 valence electrons. The quantitative estimate of drug-likeness (QED) is 0.757. The van der Waals surface area contributed by atoms with Crippen LogP contribution in [-0.2, 0) is 12.8 Å². The van der Waals surface area contributed by atoms with Gasteiger partial charge in [0.15, 0.2) is 0 Å². The average molecular weight is 304 g/mol. The van der Waals surface area contributed by atoms with E-state index in [1.807, 2.05) is 12.1 Å². The van der Waals surface area contributed by atoms with Gasteiger partial charge in [0.2, 0.25) is 0 Å². The summed E-state index contributed by atoms with van der Waals surface area (Å²) in [5.41, 5.74) is 7.17. The zero-order valence-electron chi connectivity index (χ0n) is 13.5. The highest BCUT2D eigenvalue weighted by Gasteiger charge is 2.26. The molecule has 0 radical (unpaired) electrons. The topological polar surface area (TPSA) is 36.4 Å². The Labute approximate surface area is 136 Å². The number of phenolic OH excluding ortho intramolecular Hbond substituents is 1. The second kappa shape index (κ2) is 5.27. The van der Waals surface area contributed by atoms with E-state index in [2.05, 4.69) is 43.0 Å². The standard InChI is InChI=1S/C20H20N2O/c1-3-14-6-4-5-7-19(14)22-11-10-16-13(2)21-18-9-8-15(23)12-17(18)20(16)22/h4-9,12,23H,3,10-11H2,1-2H3. The number of anilines is 2. The summed E-state index contributed by atoms with van der Waals surface area (Å²) in [4.78, 5) is 7.11. The van der Waals surface area contributed by atoms with Crippen LogP contribution in [0.4, 0.5) is 11.4 Å². The Hall–Kier alpha value is -2.55. The number of phenols is 1. The number of rotatable bonds is 2. The fourth-order valence-corrected chi connectivity index (χ4v) is 3.65. The number of para-hydroxylation sites is 1. The van der Waals surface area contributed by atoms with Crippen LogP contribution in [0, 0.1) is 6.92 Å². The first-order valence-corrected chi connectivity index (χ1v) is 8.16. The van der Waals surface area contributed by atoms with Crippen molar-refractivity contribution in [2.75, 3.05) is 11.4 Å². The van der Waals surface area contributed by atoms with Crippen LogP contribution in [0.15, 0.2) is 42.5 Å². The number of hydrogen-bond acceptors (Lipinski definition) is 3. The number of aryl methyl sites for hydroxylation is 2. The second-order valence-corrected chi connectivity index (χ2v) is 6.11. The number of aromatic hydroxyl groups is 1. The molecule has 1 N–H and O–H groups in total. The lowest BCUT2D eigenvalue weighted by atomic mass is 10.0. The van der Waals surface area contributed by atoms with Crippen LogP contribution in [0.3, 0.4) is 0 Å². The molecule has 0 saturated heterocycles. The van der Waals surface area contributed by atoms with Gasteiger partial charge in [-0.15, -0.1) is 0 Å². The minimum Gasteiger partial charge on any atom is -0.508 e. The average Bonchev–Trinajstić information content (AvgIpc) is 3.01. The monoisotopic (exact) mass is 304 g/mol. The summed E-state index contributed by atoms with van der Waals surface area (Å²) < 4.78 is 0. The summed E-state index contributed by atoms with van der Waals surface area (Å²) >= 11 is 0. The molecule has 4 rings (SSSR count). The molecular formula is C20H20N2O. The molecule has 0 amide bonds. The second-order valence-electron chi connectivity index (χ2n) is 6.11. The summed E-state index contributed by atoms with van der Waals surface area (Å²) in [6, 6.07) is 14.0. The number of aromatic nitrogens is 1. The van der Waals surface area contributed by atoms with E-state index < -0.39 is 0 Å². The van der Waals surface area contributed by atoms with Gasteiger partial charge in [0, 0.05) is 23.3 Å². The van der Waals surface area contributed by atoms with Crippen LogP contribution in [0.1, 0.15) is 23.7 Å². The fraction of sp³-hybridized carbons (Fsp3) is 0.250. The molecule has 0 saturated carbocycles. The molecule has 0 spiro atoms. The Morgan fingerprint density at radius 1 is 1.17 bits per heavy atom. The van der Waals surface area contributed by atoms with Gasteiger partial charge in [-0.3, -0.25) is 4.98 Å². The first-order chi connectivity index (χ1) is 11.2. The third kappa shape index (κ3) is 2.15. The number of hydrogen-bond donors (Lipinski definition) is 1. The molecule has 0 atom stereocenters. The Morgan fingerprint density at radius 2 is 2.00 bits per heavy atom. The maximum atomic E-state index is 9.94. The van der Waals surface area contributed by atoms with Gasteiger partial charge in [0.05, 0.1) is 11.2 Å². The normalized spacial score (nSPS) is 13.6. The van der Waals surface area contributed by atoms with Crippen molar-refractivity contribution < 1.29 is 5.11 Å². The molecule has 3 heteroatoms. The largest absolute Gasteiger partial charge is 0.508 e. The molecule has 0 aliphatic carbocycles. The molecule has 1 aromatic heterocycles. The highest BCUT2D eigenvalue weighted by Crippen LogP contribution is 2.42. The van der Waals surface area contributed by atoms with Crippen LogP contribution in [0.25, 0.3) is 10.9 Å². The Morgan fingerprint density at radius 3 is 2.83 bits per heavy atom. The zero-order valence-corrected chi connectivity index (χ0v) is 13.5. The lowest BCUT2D eigenvalue weighted by Gasteiger charge is -2.24. The first kappa shape index (κ1) is 14.1. The highest BCUT2D eigenvalue weighted by atomic mass is 16.3. The Balaban J connectivity index is 2.00. The van der Waals surface area contributed by atoms with Gasteiger partial charge in [-0.1, -0.05) is 25.1 Å². The third-order valence-electron chi connectivity index (χ3n) is 4.76. The molecule has 0 unspecified atom stereocenters. The van der Waals surface area contributed by atoms with Gasteiger partial charge < -0.3 is 10.0 Å². The SMILES string of the molecule is CCc1ccccc1N1CCc2c(C)nc3ccc(O)cc3c21. The van der Waals surface area contributed by atoms with Gasteiger partial charge in [-0.2, -0.15) is 0 Å². The van der Waals surface area contributed by atoms with Crippen LogP contribution in [-0.4, -0.2) is 16.6 Å². The van der Waals surface area contributed by atoms with Crippen LogP contribution in [0.2, 0.25) is 0 Å². The number of benzene rings is 2. The first-order valence-electron chi connectivity index (χ1n) is 8.16. The lowest BCUT2D eigenvalue weighted by Crippen LogP contribution is -2.15. The van der Waals surface area contributed by atoms with E-state index in [4.69, 9.17) is 4.98 Å². The molecule has 0 fully saturated rings. The van der Waals surface area contributed by atoms with Crippen LogP contribution < -0.4 is 4.90 Å². The van der Waals surface area contributed by atoms with Crippen molar-refractivity contribution in [3.63, 3.8) is 0 Å². The van der Waals surface area contributed by atoms with E-state index in [1.165, 1.54) is 22.5 Å². The van der Waals surface area contributed by atoms with E-state index in [1.54, 1.807) is 6.07 Å². The third-order valence-corrected chi connectivity index (χ3v) is 4.76. The van der Waals surface area contributed by atoms with Gasteiger partial charge in [-0.25, -0.2) is 0 Å². The van der Waals surface area contributed by atoms with Crippen molar-refractivity contribution in [3.05, 3.63) is 59.3 Å². The minimum atomic E-state index is 0.293. The fourth-order valence-electron chi connectivity index (χ4n) is 3.65. The van der Waals surface area contributed by atoms with Crippen molar-refractivity contribution in [2.45, 2.75) is 26.7 Å². The smallest absolute Gasteiger partial charge is 0.116 e. The Kier molecular flexibility index (Phi) is 3.22. The molecule has 2 aromatic carbocycles. The number of nitrogens with zero attached hydrogens (tertiary/aromatic N) is 2. The van der Waals surface area contributed by atoms with E-state index in [9.17, 15) is 5.11 Å². The number of pyridine rings is 1. The van der Waals surface area contributed by atoms with Crippen molar-refractivity contribution in [1.29, 1.82) is 0 Å². The van der Waals surface area contributed by atoms with Gasteiger partial charge >= 0.3 is 0 Å². The number of fused-ring (bicyclic) bond motifs is 3. The summed E-state index contributed by atoms with van der Waals surface area (Å²) in [6.45, 7) is 5.24. The summed E-state index contributed by atoms with van der Waals surface area (Å²) in [5.74, 6) is 0.293. The predicted octanol–water partition coefficient (Wildman–Crippen LogP) is 4.51. The van der Waals surface area contributed by atoms with E-state index >= 15 is 0 Å². The van der Waals surface area contributed by atoms with Crippen LogP contribution >= 0.6 is 0 Å². The van der Waals surface area contributed by atoms with Crippen LogP contribution in [0.5, 0.6) is 5.75 Å². The molecule has 23 heavy (non-hydrogen) atoms. The summed E-state index contributed by atoms with van der Waals surface area (Å²) in [6.07, 6.45) is 2.01. The Bertz CT molecular complexity index is 902. The molecule has 2 heterocycles. The van der Waals surface area contributed by atoms with Crippen molar-refractivity contribution >= 4 is 22.3 Å². The molecule has 1 aliphatic rings. The van der Waals surface area contributed by atoms with E-state index in [0.29, 0.717) is 5.75 Å². The minimum absolute atomic E-state index is 0.293. The van der Waals surface area contributed by atoms with Gasteiger partial charge in [-0.05, 0) is 55.2 Å². The van der Waals surface area contributed by atoms with Gasteiger partial charge in [0.1, 0.15) is 5.75 Å². The van der Waals surface area contributed by atoms with E-state index in [-0.39, 0.29) is 0 Å². The van der Waals surface area contributed by atoms with Crippen molar-refractivity contribution in [2.24, 2.45) is 0 Å². The molecule has 3 aromatic rings. The van der Waals surface area contributed by atoms with Crippen molar-refractivity contribution in [1.82, 2.24) is 4.98 Å². The molecule has 3 nitrogen and oxygen atoms in total. The molecule has 1 aliphatic heterocycles. The molecule has 0 bridgehead atoms. The zero-order chi connectivity index (χ0) is 16.0. The summed E-state index contributed by atoms with van der Waals surface area (Å²) in [5, 5.41) is 11.0. The maximum Gasteiger partial charge on any atom is 0.116 e.